The number of hydrogen-bond acceptors (Lipinski definition) is 3. The molecule has 1 N–H and O–H groups in total. The molecule has 1 aromatic carbocycles. The average molecular weight is 290 g/mol. The van der Waals surface area contributed by atoms with Gasteiger partial charge in [-0.3, -0.25) is 0 Å². The fourth-order valence-electron chi connectivity index (χ4n) is 1.92. The van der Waals surface area contributed by atoms with Crippen molar-refractivity contribution in [2.75, 3.05) is 13.2 Å². The van der Waals surface area contributed by atoms with Crippen molar-refractivity contribution in [1.82, 2.24) is 4.72 Å². The highest BCUT2D eigenvalue weighted by Crippen LogP contribution is 2.14. The average Bonchev–Trinajstić information content (AvgIpc) is 2.78. The van der Waals surface area contributed by atoms with Crippen molar-refractivity contribution >= 4 is 21.6 Å². The van der Waals surface area contributed by atoms with Gasteiger partial charge >= 0.3 is 0 Å². The summed E-state index contributed by atoms with van der Waals surface area (Å²) in [5, 5.41) is 0.543. The van der Waals surface area contributed by atoms with Crippen LogP contribution in [0.3, 0.4) is 0 Å². The fraction of sp³-hybridized carbons (Fsp3) is 0.500. The smallest absolute Gasteiger partial charge is 0.215 e. The topological polar surface area (TPSA) is 55.4 Å². The van der Waals surface area contributed by atoms with Gasteiger partial charge in [-0.05, 0) is 30.5 Å². The van der Waals surface area contributed by atoms with Gasteiger partial charge in [-0.1, -0.05) is 23.7 Å². The van der Waals surface area contributed by atoms with Gasteiger partial charge in [-0.25, -0.2) is 13.1 Å². The van der Waals surface area contributed by atoms with E-state index in [1.54, 1.807) is 24.3 Å². The predicted molar refractivity (Wildman–Crippen MR) is 71.1 cm³/mol. The van der Waals surface area contributed by atoms with Crippen molar-refractivity contribution in [2.45, 2.75) is 24.7 Å². The summed E-state index contributed by atoms with van der Waals surface area (Å²) in [5.41, 5.74) is 0.683. The van der Waals surface area contributed by atoms with E-state index in [9.17, 15) is 8.42 Å². The lowest BCUT2D eigenvalue weighted by Crippen LogP contribution is -2.32. The number of halogens is 1. The van der Waals surface area contributed by atoms with E-state index < -0.39 is 10.0 Å². The first kappa shape index (κ1) is 13.8. The van der Waals surface area contributed by atoms with Crippen molar-refractivity contribution in [3.63, 3.8) is 0 Å². The number of benzene rings is 1. The maximum absolute atomic E-state index is 11.9. The molecular formula is C12H16ClNO3S. The van der Waals surface area contributed by atoms with E-state index in [2.05, 4.69) is 4.72 Å². The van der Waals surface area contributed by atoms with Crippen LogP contribution in [-0.2, 0) is 20.5 Å². The lowest BCUT2D eigenvalue weighted by atomic mass is 10.2. The zero-order valence-corrected chi connectivity index (χ0v) is 11.5. The SMILES string of the molecule is O=S(=O)(Cc1cccc(Cl)c1)NC[C@H]1CCCO1. The molecule has 1 aliphatic rings. The number of nitrogens with one attached hydrogen (secondary N) is 1. The minimum Gasteiger partial charge on any atom is -0.377 e. The molecule has 0 aliphatic carbocycles. The van der Waals surface area contributed by atoms with Crippen LogP contribution in [0.5, 0.6) is 0 Å². The molecule has 18 heavy (non-hydrogen) atoms. The minimum atomic E-state index is -3.33. The summed E-state index contributed by atoms with van der Waals surface area (Å²) in [6.07, 6.45) is 1.93. The minimum absolute atomic E-state index is 0.0131. The van der Waals surface area contributed by atoms with E-state index in [1.165, 1.54) is 0 Å². The second-order valence-electron chi connectivity index (χ2n) is 4.37. The van der Waals surface area contributed by atoms with Crippen molar-refractivity contribution in [3.05, 3.63) is 34.9 Å². The summed E-state index contributed by atoms with van der Waals surface area (Å²) in [7, 11) is -3.33. The standard InChI is InChI=1S/C12H16ClNO3S/c13-11-4-1-3-10(7-11)9-18(15,16)14-8-12-5-2-6-17-12/h1,3-4,7,12,14H,2,5-6,8-9H2/t12-/m1/s1. The Hall–Kier alpha value is -0.620. The van der Waals surface area contributed by atoms with E-state index >= 15 is 0 Å². The van der Waals surface area contributed by atoms with E-state index in [1.807, 2.05) is 0 Å². The quantitative estimate of drug-likeness (QED) is 0.901. The Bertz CT molecular complexity index is 498. The van der Waals surface area contributed by atoms with Crippen LogP contribution in [-0.4, -0.2) is 27.7 Å². The number of ether oxygens (including phenoxy) is 1. The molecule has 0 radical (unpaired) electrons. The fourth-order valence-corrected chi connectivity index (χ4v) is 3.30. The van der Waals surface area contributed by atoms with Crippen LogP contribution in [0, 0.1) is 0 Å². The van der Waals surface area contributed by atoms with Crippen LogP contribution in [0.4, 0.5) is 0 Å². The second kappa shape index (κ2) is 6.02. The third kappa shape index (κ3) is 4.24. The van der Waals surface area contributed by atoms with Crippen LogP contribution >= 0.6 is 11.6 Å². The van der Waals surface area contributed by atoms with Gasteiger partial charge in [0.05, 0.1) is 11.9 Å². The first-order valence-electron chi connectivity index (χ1n) is 5.88. The molecule has 0 aromatic heterocycles. The molecule has 4 nitrogen and oxygen atoms in total. The van der Waals surface area contributed by atoms with Crippen molar-refractivity contribution < 1.29 is 13.2 Å². The largest absolute Gasteiger partial charge is 0.377 e. The molecule has 1 atom stereocenters. The Morgan fingerprint density at radius 3 is 2.94 bits per heavy atom. The van der Waals surface area contributed by atoms with Gasteiger partial charge in [-0.2, -0.15) is 0 Å². The summed E-state index contributed by atoms with van der Waals surface area (Å²) in [6, 6.07) is 6.87. The highest BCUT2D eigenvalue weighted by Gasteiger charge is 2.19. The summed E-state index contributed by atoms with van der Waals surface area (Å²) in [4.78, 5) is 0. The molecule has 0 spiro atoms. The van der Waals surface area contributed by atoms with Gasteiger partial charge in [0.25, 0.3) is 0 Å². The highest BCUT2D eigenvalue weighted by molar-refractivity contribution is 7.88. The third-order valence-corrected chi connectivity index (χ3v) is 4.36. The van der Waals surface area contributed by atoms with Crippen molar-refractivity contribution in [2.24, 2.45) is 0 Å². The van der Waals surface area contributed by atoms with Crippen LogP contribution in [0.15, 0.2) is 24.3 Å². The molecule has 0 bridgehead atoms. The van der Waals surface area contributed by atoms with Gasteiger partial charge in [0.1, 0.15) is 0 Å². The van der Waals surface area contributed by atoms with Crippen LogP contribution in [0.1, 0.15) is 18.4 Å². The van der Waals surface area contributed by atoms with Gasteiger partial charge in [-0.15, -0.1) is 0 Å². The predicted octanol–water partition coefficient (Wildman–Crippen LogP) is 1.94. The highest BCUT2D eigenvalue weighted by atomic mass is 35.5. The molecule has 6 heteroatoms. The first-order chi connectivity index (χ1) is 8.55. The monoisotopic (exact) mass is 289 g/mol. The molecule has 1 aliphatic heterocycles. The zero-order valence-electron chi connectivity index (χ0n) is 9.93. The summed E-state index contributed by atoms with van der Waals surface area (Å²) in [5.74, 6) is -0.0553. The van der Waals surface area contributed by atoms with E-state index in [-0.39, 0.29) is 11.9 Å². The molecule has 0 saturated carbocycles. The van der Waals surface area contributed by atoms with Crippen molar-refractivity contribution in [3.8, 4) is 0 Å². The number of rotatable bonds is 5. The molecular weight excluding hydrogens is 274 g/mol. The molecule has 0 unspecified atom stereocenters. The zero-order chi connectivity index (χ0) is 13.0. The Morgan fingerprint density at radius 2 is 2.28 bits per heavy atom. The molecule has 2 rings (SSSR count). The van der Waals surface area contributed by atoms with Gasteiger partial charge in [0, 0.05) is 18.2 Å². The number of hydrogen-bond donors (Lipinski definition) is 1. The lowest BCUT2D eigenvalue weighted by molar-refractivity contribution is 0.114. The Morgan fingerprint density at radius 1 is 1.44 bits per heavy atom. The van der Waals surface area contributed by atoms with E-state index in [0.717, 1.165) is 19.4 Å². The Labute approximate surface area is 112 Å². The number of sulfonamides is 1. The maximum Gasteiger partial charge on any atom is 0.215 e. The van der Waals surface area contributed by atoms with Crippen LogP contribution in [0.2, 0.25) is 5.02 Å². The van der Waals surface area contributed by atoms with Crippen molar-refractivity contribution in [1.29, 1.82) is 0 Å². The van der Waals surface area contributed by atoms with Gasteiger partial charge in [0.2, 0.25) is 10.0 Å². The molecule has 1 fully saturated rings. The maximum atomic E-state index is 11.9. The molecule has 100 valence electrons. The summed E-state index contributed by atoms with van der Waals surface area (Å²) >= 11 is 5.82. The lowest BCUT2D eigenvalue weighted by Gasteiger charge is -2.11. The second-order valence-corrected chi connectivity index (χ2v) is 6.62. The Kier molecular flexibility index (Phi) is 4.61. The summed E-state index contributed by atoms with van der Waals surface area (Å²) in [6.45, 7) is 1.07. The van der Waals surface area contributed by atoms with Gasteiger partial charge < -0.3 is 4.74 Å². The van der Waals surface area contributed by atoms with Gasteiger partial charge in [0.15, 0.2) is 0 Å². The van der Waals surface area contributed by atoms with Crippen LogP contribution < -0.4 is 4.72 Å². The Balaban J connectivity index is 1.90. The normalized spacial score (nSPS) is 20.2. The van der Waals surface area contributed by atoms with Crippen LogP contribution in [0.25, 0.3) is 0 Å². The summed E-state index contributed by atoms with van der Waals surface area (Å²) < 4.78 is 31.7. The van der Waals surface area contributed by atoms with E-state index in [0.29, 0.717) is 17.1 Å². The van der Waals surface area contributed by atoms with E-state index in [4.69, 9.17) is 16.3 Å². The molecule has 0 amide bonds. The third-order valence-electron chi connectivity index (χ3n) is 2.80. The molecule has 1 saturated heterocycles. The molecule has 1 aromatic rings. The molecule has 1 heterocycles. The first-order valence-corrected chi connectivity index (χ1v) is 7.91.